The number of unbranched alkanes of at least 4 members (excludes halogenated alkanes) is 23. The first kappa shape index (κ1) is 134. The lowest BCUT2D eigenvalue weighted by Crippen LogP contribution is -2.56. The Balaban J connectivity index is 1.62. The van der Waals surface area contributed by atoms with E-state index in [9.17, 15) is 81.8 Å². The van der Waals surface area contributed by atoms with Crippen LogP contribution >= 0.6 is 0 Å². The van der Waals surface area contributed by atoms with Crippen molar-refractivity contribution in [3.63, 3.8) is 0 Å². The molecule has 47 heteroatoms. The van der Waals surface area contributed by atoms with Crippen LogP contribution in [0.1, 0.15) is 288 Å². The zero-order valence-corrected chi connectivity index (χ0v) is 89.6. The molecule has 3 rings (SSSR count). The van der Waals surface area contributed by atoms with Gasteiger partial charge in [-0.2, -0.15) is 0 Å². The lowest BCUT2D eigenvalue weighted by molar-refractivity contribution is -0.267. The van der Waals surface area contributed by atoms with Gasteiger partial charge in [-0.1, -0.05) is 135 Å². The van der Waals surface area contributed by atoms with Gasteiger partial charge < -0.3 is 151 Å². The topological polar surface area (TPSA) is 587 Å². The Morgan fingerprint density at radius 1 is 0.268 bits per heavy atom. The van der Waals surface area contributed by atoms with Crippen molar-refractivity contribution in [1.82, 2.24) is 31.9 Å². The average molecular weight is 2140 g/mol. The van der Waals surface area contributed by atoms with Crippen molar-refractivity contribution in [2.45, 2.75) is 379 Å². The number of aliphatic carboxylic acids is 1. The van der Waals surface area contributed by atoms with E-state index in [1.54, 1.807) is 0 Å². The summed E-state index contributed by atoms with van der Waals surface area (Å²) in [5.74, 6) is -10.5. The van der Waals surface area contributed by atoms with Gasteiger partial charge in [0.1, 0.15) is 94.4 Å². The average Bonchev–Trinajstić information content (AvgIpc) is 0.823. The predicted molar refractivity (Wildman–Crippen MR) is 530 cm³/mol. The second-order valence-corrected chi connectivity index (χ2v) is 36.5. The number of carboxylic acid groups (broad SMARTS) is 1. The Kier molecular flexibility index (Phi) is 77.7. The Hall–Kier alpha value is -9.08. The van der Waals surface area contributed by atoms with Crippen molar-refractivity contribution in [3.8, 4) is 0 Å². The normalized spacial score (nSPS) is 19.6. The van der Waals surface area contributed by atoms with Crippen molar-refractivity contribution in [2.24, 2.45) is 0 Å². The fourth-order valence-corrected chi connectivity index (χ4v) is 16.1. The fourth-order valence-electron chi connectivity index (χ4n) is 16.1. The van der Waals surface area contributed by atoms with Gasteiger partial charge in [0.25, 0.3) is 0 Å². The number of carboxylic acids is 1. The molecule has 0 bridgehead atoms. The lowest BCUT2D eigenvalue weighted by atomic mass is 10.0. The molecular formula is C102H174N6O41. The number of nitrogens with one attached hydrogen (secondary N) is 6. The summed E-state index contributed by atoms with van der Waals surface area (Å²) in [7, 11) is 0. The third kappa shape index (κ3) is 71.4. The molecule has 858 valence electrons. The first-order chi connectivity index (χ1) is 71.7. The molecule has 3 aliphatic heterocycles. The molecular weight excluding hydrogens is 1970 g/mol. The molecule has 3 saturated heterocycles. The van der Waals surface area contributed by atoms with Gasteiger partial charge in [-0.15, -0.1) is 0 Å². The Morgan fingerprint density at radius 3 is 0.799 bits per heavy atom. The molecule has 0 aromatic rings. The zero-order valence-electron chi connectivity index (χ0n) is 89.6. The third-order valence-corrected chi connectivity index (χ3v) is 23.3. The number of carbonyl (C=O) groups excluding carboxylic acids is 15. The molecule has 3 aliphatic rings. The van der Waals surface area contributed by atoms with Crippen LogP contribution in [0.3, 0.4) is 0 Å². The van der Waals surface area contributed by atoms with Gasteiger partial charge in [0.15, 0.2) is 37.2 Å². The molecule has 0 aromatic heterocycles. The third-order valence-electron chi connectivity index (χ3n) is 23.3. The highest BCUT2D eigenvalue weighted by molar-refractivity contribution is 5.93. The smallest absolute Gasteiger partial charge is 0.326 e. The van der Waals surface area contributed by atoms with Crippen molar-refractivity contribution in [3.05, 3.63) is 0 Å². The number of esters is 9. The van der Waals surface area contributed by atoms with Crippen LogP contribution in [0.25, 0.3) is 0 Å². The molecule has 3 fully saturated rings. The molecule has 3 heterocycles. The monoisotopic (exact) mass is 2140 g/mol. The van der Waals surface area contributed by atoms with E-state index < -0.39 is 188 Å². The van der Waals surface area contributed by atoms with Crippen LogP contribution in [0, 0.1) is 0 Å². The number of rotatable bonds is 91. The second-order valence-electron chi connectivity index (χ2n) is 36.5. The number of ether oxygens (including phenoxy) is 24. The SMILES string of the molecule is CCCCCCCCCCCCCCCCCCCCCCCC(=O)NCCCC[C@H](NC(=O)[C@H](CCCCNC(=O)COCCOCCOCCO[C@H]1C[C@@H](OC(C)=O)[C@@H](OC(C)=O)[C@@H](COC(C)=O)O1)NC(=O)[C@H](CCCCNC(=O)COCCOCCOCCO[C@H]1C[C@@H](OC(C)=O)[C@@H](OC(C)=O)[C@@H](COC(C)=O)O1)NC(=O)COCCOCCOCCO[C@H]1C[C@@H](OC(C)=O)[C@@H](OC(C)=O)[C@@H](COC(C)=O)O1)C(=O)O. The van der Waals surface area contributed by atoms with Crippen molar-refractivity contribution in [1.29, 1.82) is 0 Å². The standard InChI is InChI=1S/C102H174N6O41/c1-11-12-13-14-15-16-17-18-19-20-21-22-23-24-25-26-27-28-29-30-31-41-90(118)103-42-37-34-40-83(102(124)125)108-101(123)82(39-33-36-44-105-92(120)70-133-55-52-127-46-49-130-58-61-136-95-64-85(142-76(6)113)98(145-79(9)116)88(148-95)67-139-73(3)110)107-100(122)81(106-93(121)71-134-56-53-128-47-50-131-59-62-137-96-65-86(143-77(7)114)99(146-80(10)117)89(149-96)68-140-74(4)111)38-32-35-43-104-91(119)69-132-54-51-126-45-48-129-57-60-135-94-63-84(141-75(5)112)97(144-78(8)115)87(147-94)66-138-72(2)109/h81-89,94-99H,11-71H2,1-10H3,(H,103,118)(H,104,119)(H,105,120)(H,106,121)(H,107,122)(H,108,123)(H,124,125)/t81-,82-,83-,84+,85+,86+,87+,88+,89+,94+,95+,96+,97+,98+,99+/m0/s1. The summed E-state index contributed by atoms with van der Waals surface area (Å²) in [6.07, 6.45) is 16.4. The maximum absolute atomic E-state index is 14.6. The van der Waals surface area contributed by atoms with Gasteiger partial charge in [0.2, 0.25) is 35.4 Å². The molecule has 0 radical (unpaired) electrons. The Bertz CT molecular complexity index is 3740. The van der Waals surface area contributed by atoms with Crippen molar-refractivity contribution in [2.75, 3.05) is 178 Å². The summed E-state index contributed by atoms with van der Waals surface area (Å²) < 4.78 is 133. The number of carbonyl (C=O) groups is 16. The van der Waals surface area contributed by atoms with Crippen LogP contribution in [0.4, 0.5) is 0 Å². The summed E-state index contributed by atoms with van der Waals surface area (Å²) >= 11 is 0. The summed E-state index contributed by atoms with van der Waals surface area (Å²) in [5.41, 5.74) is 0. The largest absolute Gasteiger partial charge is 0.480 e. The minimum Gasteiger partial charge on any atom is -0.480 e. The maximum Gasteiger partial charge on any atom is 0.326 e. The predicted octanol–water partition coefficient (Wildman–Crippen LogP) is 6.81. The van der Waals surface area contributed by atoms with Crippen LogP contribution in [-0.2, 0) is 190 Å². The van der Waals surface area contributed by atoms with E-state index in [2.05, 4.69) is 38.8 Å². The van der Waals surface area contributed by atoms with E-state index in [-0.39, 0.29) is 242 Å². The zero-order chi connectivity index (χ0) is 109. The van der Waals surface area contributed by atoms with Gasteiger partial charge >= 0.3 is 59.7 Å². The molecule has 0 spiro atoms. The van der Waals surface area contributed by atoms with E-state index in [0.717, 1.165) is 25.7 Å². The maximum atomic E-state index is 14.6. The van der Waals surface area contributed by atoms with Crippen LogP contribution in [0.2, 0.25) is 0 Å². The van der Waals surface area contributed by atoms with Crippen LogP contribution in [0.15, 0.2) is 0 Å². The molecule has 7 N–H and O–H groups in total. The van der Waals surface area contributed by atoms with E-state index in [4.69, 9.17) is 114 Å². The first-order valence-electron chi connectivity index (χ1n) is 53.1. The minimum absolute atomic E-state index is 0.00176. The molecule has 0 aliphatic carbocycles. The summed E-state index contributed by atoms with van der Waals surface area (Å²) in [4.78, 5) is 201. The van der Waals surface area contributed by atoms with Gasteiger partial charge in [0.05, 0.1) is 119 Å². The van der Waals surface area contributed by atoms with Crippen LogP contribution < -0.4 is 31.9 Å². The Morgan fingerprint density at radius 2 is 0.517 bits per heavy atom. The molecule has 0 saturated carbocycles. The molecule has 47 nitrogen and oxygen atoms in total. The number of hydrogen-bond acceptors (Lipinski definition) is 40. The molecule has 0 aromatic carbocycles. The highest BCUT2D eigenvalue weighted by atomic mass is 16.7. The highest BCUT2D eigenvalue weighted by Crippen LogP contribution is 2.31. The number of amides is 6. The summed E-state index contributed by atoms with van der Waals surface area (Å²) in [6.45, 7) is 12.7. The first-order valence-corrected chi connectivity index (χ1v) is 53.1. The minimum atomic E-state index is -1.42. The molecule has 0 unspecified atom stereocenters. The summed E-state index contributed by atoms with van der Waals surface area (Å²) in [5, 5.41) is 26.9. The number of hydrogen-bond donors (Lipinski definition) is 7. The van der Waals surface area contributed by atoms with Gasteiger partial charge in [-0.05, 0) is 64.2 Å². The lowest BCUT2D eigenvalue weighted by Gasteiger charge is -2.39. The van der Waals surface area contributed by atoms with Gasteiger partial charge in [0, 0.05) is 108 Å². The second kappa shape index (κ2) is 86.4. The van der Waals surface area contributed by atoms with Crippen LogP contribution in [-0.4, -0.2) is 370 Å². The highest BCUT2D eigenvalue weighted by Gasteiger charge is 2.48. The van der Waals surface area contributed by atoms with Crippen molar-refractivity contribution < 1.29 is 196 Å². The van der Waals surface area contributed by atoms with E-state index >= 15 is 0 Å². The van der Waals surface area contributed by atoms with E-state index in [1.165, 1.54) is 171 Å². The quantitative estimate of drug-likeness (QED) is 0.0187. The van der Waals surface area contributed by atoms with Crippen LogP contribution in [0.5, 0.6) is 0 Å². The Labute approximate surface area is 876 Å². The van der Waals surface area contributed by atoms with E-state index in [1.807, 2.05) is 0 Å². The molecule has 149 heavy (non-hydrogen) atoms. The fraction of sp³-hybridized carbons (Fsp3) is 0.843. The van der Waals surface area contributed by atoms with Gasteiger partial charge in [-0.25, -0.2) is 4.79 Å². The van der Waals surface area contributed by atoms with Crippen molar-refractivity contribution >= 4 is 95.1 Å². The molecule has 6 amide bonds. The summed E-state index contributed by atoms with van der Waals surface area (Å²) in [6, 6.07) is -4.12. The molecule has 15 atom stereocenters. The van der Waals surface area contributed by atoms with E-state index in [0.29, 0.717) is 19.3 Å². The van der Waals surface area contributed by atoms with Gasteiger partial charge in [-0.3, -0.25) is 71.9 Å².